The molecule has 0 aliphatic heterocycles. The molecule has 0 radical (unpaired) electrons. The van der Waals surface area contributed by atoms with Crippen LogP contribution in [0.1, 0.15) is 5.56 Å². The molecule has 24 heavy (non-hydrogen) atoms. The van der Waals surface area contributed by atoms with Gasteiger partial charge in [0.2, 0.25) is 0 Å². The minimum absolute atomic E-state index is 0.314. The molecule has 0 unspecified atom stereocenters. The van der Waals surface area contributed by atoms with Crippen molar-refractivity contribution in [2.45, 2.75) is 23.2 Å². The van der Waals surface area contributed by atoms with E-state index in [1.807, 2.05) is 6.92 Å². The molecule has 7 heteroatoms. The van der Waals surface area contributed by atoms with Crippen molar-refractivity contribution < 1.29 is 17.7 Å². The molecule has 0 saturated carbocycles. The number of hydrogen-bond acceptors (Lipinski definition) is 3. The molecule has 1 N–H and O–H groups in total. The summed E-state index contributed by atoms with van der Waals surface area (Å²) in [7, 11) is -0.0828. The van der Waals surface area contributed by atoms with E-state index in [2.05, 4.69) is 5.32 Å². The highest BCUT2D eigenvalue weighted by Crippen LogP contribution is 2.29. The minimum Gasteiger partial charge on any atom is -0.497 e. The monoisotopic (exact) mass is 373 g/mol. The second kappa shape index (κ2) is 7.94. The Kier molecular flexibility index (Phi) is 6.18. The summed E-state index contributed by atoms with van der Waals surface area (Å²) in [5.74, 6) is 0.295. The highest BCUT2D eigenvalue weighted by molar-refractivity contribution is 7.85. The SMILES string of the molecule is COc1ccc(N[C@@H](C[S@@](=O)c2ccc(C)cc2)C(F)(F)Cl)cc1. The van der Waals surface area contributed by atoms with Crippen LogP contribution in [-0.4, -0.2) is 28.5 Å². The van der Waals surface area contributed by atoms with Gasteiger partial charge in [-0.1, -0.05) is 17.7 Å². The Morgan fingerprint density at radius 1 is 1.17 bits per heavy atom. The average molecular weight is 374 g/mol. The maximum atomic E-state index is 13.7. The zero-order valence-electron chi connectivity index (χ0n) is 13.3. The van der Waals surface area contributed by atoms with Gasteiger partial charge in [0.1, 0.15) is 11.8 Å². The Bertz CT molecular complexity index is 687. The van der Waals surface area contributed by atoms with Crippen molar-refractivity contribution in [1.29, 1.82) is 0 Å². The molecule has 0 bridgehead atoms. The van der Waals surface area contributed by atoms with Crippen molar-refractivity contribution >= 4 is 28.1 Å². The molecule has 130 valence electrons. The third kappa shape index (κ3) is 5.18. The van der Waals surface area contributed by atoms with E-state index in [0.29, 0.717) is 16.3 Å². The van der Waals surface area contributed by atoms with Crippen LogP contribution in [0.3, 0.4) is 0 Å². The van der Waals surface area contributed by atoms with Crippen LogP contribution in [0.4, 0.5) is 14.5 Å². The van der Waals surface area contributed by atoms with Gasteiger partial charge in [-0.15, -0.1) is 0 Å². The van der Waals surface area contributed by atoms with E-state index in [-0.39, 0.29) is 5.75 Å². The topological polar surface area (TPSA) is 38.3 Å². The minimum atomic E-state index is -3.54. The Morgan fingerprint density at radius 2 is 1.75 bits per heavy atom. The van der Waals surface area contributed by atoms with Crippen LogP contribution in [-0.2, 0) is 10.8 Å². The molecule has 0 aliphatic rings. The molecule has 0 fully saturated rings. The van der Waals surface area contributed by atoms with E-state index in [4.69, 9.17) is 16.3 Å². The molecule has 0 aromatic heterocycles. The van der Waals surface area contributed by atoms with Crippen molar-refractivity contribution in [2.75, 3.05) is 18.2 Å². The number of aryl methyl sites for hydroxylation is 1. The Hall–Kier alpha value is -1.66. The number of rotatable bonds is 7. The van der Waals surface area contributed by atoms with Gasteiger partial charge >= 0.3 is 5.38 Å². The van der Waals surface area contributed by atoms with E-state index in [0.717, 1.165) is 5.56 Å². The van der Waals surface area contributed by atoms with Gasteiger partial charge in [-0.25, -0.2) is 0 Å². The van der Waals surface area contributed by atoms with Crippen LogP contribution in [0, 0.1) is 6.92 Å². The van der Waals surface area contributed by atoms with Gasteiger partial charge < -0.3 is 10.1 Å². The average Bonchev–Trinajstić information content (AvgIpc) is 2.54. The molecule has 2 aromatic rings. The summed E-state index contributed by atoms with van der Waals surface area (Å²) in [5.41, 5.74) is 1.45. The molecule has 3 nitrogen and oxygen atoms in total. The fourth-order valence-corrected chi connectivity index (χ4v) is 3.49. The van der Waals surface area contributed by atoms with Crippen molar-refractivity contribution in [1.82, 2.24) is 0 Å². The van der Waals surface area contributed by atoms with Gasteiger partial charge in [0.25, 0.3) is 0 Å². The first-order valence-corrected chi connectivity index (χ1v) is 8.91. The maximum absolute atomic E-state index is 13.7. The van der Waals surface area contributed by atoms with Gasteiger partial charge in [-0.2, -0.15) is 8.78 Å². The molecule has 2 rings (SSSR count). The lowest BCUT2D eigenvalue weighted by molar-refractivity contribution is 0.0808. The Balaban J connectivity index is 2.13. The molecular weight excluding hydrogens is 356 g/mol. The van der Waals surface area contributed by atoms with Crippen molar-refractivity contribution in [3.63, 3.8) is 0 Å². The van der Waals surface area contributed by atoms with Gasteiger partial charge in [0, 0.05) is 10.6 Å². The van der Waals surface area contributed by atoms with Crippen LogP contribution in [0.15, 0.2) is 53.4 Å². The van der Waals surface area contributed by atoms with Crippen molar-refractivity contribution in [2.24, 2.45) is 0 Å². The molecule has 2 aromatic carbocycles. The third-order valence-electron chi connectivity index (χ3n) is 3.43. The molecule has 0 heterocycles. The molecule has 0 amide bonds. The third-order valence-corrected chi connectivity index (χ3v) is 5.13. The van der Waals surface area contributed by atoms with Gasteiger partial charge in [0.05, 0.1) is 23.7 Å². The number of methoxy groups -OCH3 is 1. The standard InChI is InChI=1S/C17H18ClF2NO2S/c1-12-3-9-15(10-4-12)24(22)11-16(17(18,19)20)21-13-5-7-14(23-2)8-6-13/h3-10,16,21H,11H2,1-2H3/t16-,24+/m0/s1. The quantitative estimate of drug-likeness (QED) is 0.730. The first kappa shape index (κ1) is 18.7. The second-order valence-electron chi connectivity index (χ2n) is 5.29. The molecule has 0 saturated heterocycles. The van der Waals surface area contributed by atoms with E-state index in [1.165, 1.54) is 7.11 Å². The van der Waals surface area contributed by atoms with Crippen LogP contribution in [0.5, 0.6) is 5.75 Å². The number of halogens is 3. The maximum Gasteiger partial charge on any atom is 0.342 e. The highest BCUT2D eigenvalue weighted by atomic mass is 35.5. The predicted molar refractivity (Wildman–Crippen MR) is 93.7 cm³/mol. The molecule has 2 atom stereocenters. The second-order valence-corrected chi connectivity index (χ2v) is 7.29. The van der Waals surface area contributed by atoms with E-state index in [1.54, 1.807) is 48.5 Å². The Labute approximate surface area is 147 Å². The number of nitrogens with one attached hydrogen (secondary N) is 1. The van der Waals surface area contributed by atoms with Gasteiger partial charge in [0.15, 0.2) is 0 Å². The fraction of sp³-hybridized carbons (Fsp3) is 0.294. The van der Waals surface area contributed by atoms with Crippen LogP contribution < -0.4 is 10.1 Å². The summed E-state index contributed by atoms with van der Waals surface area (Å²) in [5, 5.41) is -0.890. The van der Waals surface area contributed by atoms with Crippen molar-refractivity contribution in [3.05, 3.63) is 54.1 Å². The zero-order valence-corrected chi connectivity index (χ0v) is 14.8. The lowest BCUT2D eigenvalue weighted by Gasteiger charge is -2.23. The van der Waals surface area contributed by atoms with E-state index < -0.39 is 22.2 Å². The van der Waals surface area contributed by atoms with Crippen LogP contribution in [0.25, 0.3) is 0 Å². The lowest BCUT2D eigenvalue weighted by atomic mass is 10.2. The van der Waals surface area contributed by atoms with E-state index in [9.17, 15) is 13.0 Å². The first-order valence-electron chi connectivity index (χ1n) is 7.22. The summed E-state index contributed by atoms with van der Waals surface area (Å²) in [4.78, 5) is 0.489. The van der Waals surface area contributed by atoms with Crippen LogP contribution in [0.2, 0.25) is 0 Å². The molecule has 0 aliphatic carbocycles. The molecule has 0 spiro atoms. The normalized spacial score (nSPS) is 14.0. The predicted octanol–water partition coefficient (Wildman–Crippen LogP) is 4.42. The number of benzene rings is 2. The van der Waals surface area contributed by atoms with Crippen molar-refractivity contribution in [3.8, 4) is 5.75 Å². The largest absolute Gasteiger partial charge is 0.497 e. The highest BCUT2D eigenvalue weighted by Gasteiger charge is 2.38. The van der Waals surface area contributed by atoms with Crippen LogP contribution >= 0.6 is 11.6 Å². The number of alkyl halides is 3. The zero-order chi connectivity index (χ0) is 17.7. The number of ether oxygens (including phenoxy) is 1. The summed E-state index contributed by atoms with van der Waals surface area (Å²) < 4.78 is 44.8. The number of hydrogen-bond donors (Lipinski definition) is 1. The first-order chi connectivity index (χ1) is 11.3. The Morgan fingerprint density at radius 3 is 2.25 bits per heavy atom. The molecular formula is C17H18ClF2NO2S. The lowest BCUT2D eigenvalue weighted by Crippen LogP contribution is -2.40. The fourth-order valence-electron chi connectivity index (χ4n) is 2.04. The number of anilines is 1. The van der Waals surface area contributed by atoms with E-state index >= 15 is 0 Å². The summed E-state index contributed by atoms with van der Waals surface area (Å²) in [6.07, 6.45) is 0. The van der Waals surface area contributed by atoms with Gasteiger partial charge in [-0.05, 0) is 54.9 Å². The smallest absolute Gasteiger partial charge is 0.342 e. The summed E-state index contributed by atoms with van der Waals surface area (Å²) >= 11 is 5.21. The summed E-state index contributed by atoms with van der Waals surface area (Å²) in [6.45, 7) is 1.90. The summed E-state index contributed by atoms with van der Waals surface area (Å²) in [6, 6.07) is 11.9. The van der Waals surface area contributed by atoms with Gasteiger partial charge in [-0.3, -0.25) is 4.21 Å².